The highest BCUT2D eigenvalue weighted by Crippen LogP contribution is 2.07. The monoisotopic (exact) mass is 232 g/mol. The Hall–Kier alpha value is -0.810. The topological polar surface area (TPSA) is 84.6 Å². The number of aliphatic hydroxyl groups excluding tert-OH is 1. The summed E-state index contributed by atoms with van der Waals surface area (Å²) in [7, 11) is 0. The van der Waals surface area contributed by atoms with Gasteiger partial charge in [-0.2, -0.15) is 0 Å². The molecule has 0 radical (unpaired) electrons. The standard InChI is InChI=1S/C11H24N2O3/c1-8(7-12)9(14)5-6-13-10(15)16-11(2,3)4/h8-9,14H,5-7,12H2,1-4H3,(H,13,15)/t8-,9?/m0/s1. The number of ether oxygens (including phenoxy) is 1. The maximum Gasteiger partial charge on any atom is 0.407 e. The number of amides is 1. The highest BCUT2D eigenvalue weighted by Gasteiger charge is 2.17. The summed E-state index contributed by atoms with van der Waals surface area (Å²) in [6.45, 7) is 8.11. The number of rotatable bonds is 5. The zero-order chi connectivity index (χ0) is 12.8. The van der Waals surface area contributed by atoms with Gasteiger partial charge in [-0.15, -0.1) is 0 Å². The van der Waals surface area contributed by atoms with Gasteiger partial charge >= 0.3 is 6.09 Å². The fourth-order valence-corrected chi connectivity index (χ4v) is 1.08. The van der Waals surface area contributed by atoms with E-state index in [0.717, 1.165) is 0 Å². The molecule has 0 aliphatic rings. The van der Waals surface area contributed by atoms with Gasteiger partial charge in [0, 0.05) is 6.54 Å². The molecule has 0 aromatic carbocycles. The third-order valence-electron chi connectivity index (χ3n) is 2.14. The second-order valence-electron chi connectivity index (χ2n) is 5.00. The first-order chi connectivity index (χ1) is 7.26. The summed E-state index contributed by atoms with van der Waals surface area (Å²) in [4.78, 5) is 11.2. The molecule has 16 heavy (non-hydrogen) atoms. The second kappa shape index (κ2) is 6.70. The molecule has 1 amide bonds. The Labute approximate surface area is 97.3 Å². The van der Waals surface area contributed by atoms with Crippen LogP contribution in [-0.2, 0) is 4.74 Å². The molecule has 0 aliphatic heterocycles. The van der Waals surface area contributed by atoms with E-state index in [4.69, 9.17) is 10.5 Å². The van der Waals surface area contributed by atoms with Gasteiger partial charge in [0.2, 0.25) is 0 Å². The van der Waals surface area contributed by atoms with E-state index in [1.165, 1.54) is 0 Å². The van der Waals surface area contributed by atoms with Crippen molar-refractivity contribution >= 4 is 6.09 Å². The molecule has 0 saturated carbocycles. The molecule has 0 aromatic heterocycles. The SMILES string of the molecule is C[C@@H](CN)C(O)CCNC(=O)OC(C)(C)C. The normalized spacial score (nSPS) is 15.4. The Morgan fingerprint density at radius 3 is 2.50 bits per heavy atom. The Bertz CT molecular complexity index is 214. The fourth-order valence-electron chi connectivity index (χ4n) is 1.08. The Kier molecular flexibility index (Phi) is 6.36. The Balaban J connectivity index is 3.70. The van der Waals surface area contributed by atoms with Gasteiger partial charge in [-0.1, -0.05) is 6.92 Å². The highest BCUT2D eigenvalue weighted by atomic mass is 16.6. The minimum atomic E-state index is -0.493. The highest BCUT2D eigenvalue weighted by molar-refractivity contribution is 5.67. The summed E-state index contributed by atoms with van der Waals surface area (Å²) in [6, 6.07) is 0. The van der Waals surface area contributed by atoms with Crippen LogP contribution in [0.25, 0.3) is 0 Å². The van der Waals surface area contributed by atoms with Crippen LogP contribution in [0.5, 0.6) is 0 Å². The van der Waals surface area contributed by atoms with Gasteiger partial charge in [0.05, 0.1) is 6.10 Å². The lowest BCUT2D eigenvalue weighted by atomic mass is 10.0. The molecule has 5 nitrogen and oxygen atoms in total. The van der Waals surface area contributed by atoms with Gasteiger partial charge < -0.3 is 20.9 Å². The van der Waals surface area contributed by atoms with E-state index < -0.39 is 17.8 Å². The van der Waals surface area contributed by atoms with Crippen molar-refractivity contribution < 1.29 is 14.6 Å². The second-order valence-corrected chi connectivity index (χ2v) is 5.00. The lowest BCUT2D eigenvalue weighted by Crippen LogP contribution is -2.35. The van der Waals surface area contributed by atoms with Crippen molar-refractivity contribution in [3.63, 3.8) is 0 Å². The van der Waals surface area contributed by atoms with Crippen LogP contribution in [0.3, 0.4) is 0 Å². The van der Waals surface area contributed by atoms with Crippen LogP contribution in [0.4, 0.5) is 4.79 Å². The molecule has 0 aromatic rings. The summed E-state index contributed by atoms with van der Waals surface area (Å²) in [5.41, 5.74) is 4.92. The van der Waals surface area contributed by atoms with E-state index >= 15 is 0 Å². The number of hydrogen-bond donors (Lipinski definition) is 3. The molecular formula is C11H24N2O3. The molecule has 96 valence electrons. The van der Waals surface area contributed by atoms with E-state index in [1.54, 1.807) is 20.8 Å². The quantitative estimate of drug-likeness (QED) is 0.656. The van der Waals surface area contributed by atoms with Crippen LogP contribution in [0.2, 0.25) is 0 Å². The van der Waals surface area contributed by atoms with Crippen molar-refractivity contribution in [2.24, 2.45) is 11.7 Å². The largest absolute Gasteiger partial charge is 0.444 e. The Morgan fingerprint density at radius 1 is 1.50 bits per heavy atom. The number of hydrogen-bond acceptors (Lipinski definition) is 4. The first kappa shape index (κ1) is 15.2. The number of alkyl carbamates (subject to hydrolysis) is 1. The lowest BCUT2D eigenvalue weighted by molar-refractivity contribution is 0.0509. The molecule has 0 rings (SSSR count). The molecule has 0 heterocycles. The molecule has 5 heteroatoms. The minimum absolute atomic E-state index is 0.0421. The van der Waals surface area contributed by atoms with Crippen LogP contribution in [0.1, 0.15) is 34.1 Å². The summed E-state index contributed by atoms with van der Waals surface area (Å²) >= 11 is 0. The van der Waals surface area contributed by atoms with Gasteiger partial charge in [0.25, 0.3) is 0 Å². The molecule has 0 aliphatic carbocycles. The van der Waals surface area contributed by atoms with Crippen LogP contribution in [0.15, 0.2) is 0 Å². The van der Waals surface area contributed by atoms with Gasteiger partial charge in [0.1, 0.15) is 5.60 Å². The zero-order valence-electron chi connectivity index (χ0n) is 10.6. The maximum absolute atomic E-state index is 11.2. The zero-order valence-corrected chi connectivity index (χ0v) is 10.6. The molecule has 0 spiro atoms. The van der Waals surface area contributed by atoms with Crippen LogP contribution in [-0.4, -0.2) is 36.0 Å². The summed E-state index contributed by atoms with van der Waals surface area (Å²) < 4.78 is 5.05. The summed E-state index contributed by atoms with van der Waals surface area (Å²) in [5.74, 6) is 0.0421. The van der Waals surface area contributed by atoms with E-state index in [9.17, 15) is 9.90 Å². The van der Waals surface area contributed by atoms with E-state index in [2.05, 4.69) is 5.32 Å². The predicted molar refractivity (Wildman–Crippen MR) is 63.1 cm³/mol. The number of aliphatic hydroxyl groups is 1. The van der Waals surface area contributed by atoms with Crippen molar-refractivity contribution in [3.8, 4) is 0 Å². The number of nitrogens with two attached hydrogens (primary N) is 1. The predicted octanol–water partition coefficient (Wildman–Crippen LogP) is 0.857. The van der Waals surface area contributed by atoms with Crippen LogP contribution >= 0.6 is 0 Å². The smallest absolute Gasteiger partial charge is 0.407 e. The molecule has 0 saturated heterocycles. The van der Waals surface area contributed by atoms with Crippen molar-refractivity contribution in [2.75, 3.05) is 13.1 Å². The number of nitrogens with one attached hydrogen (secondary N) is 1. The third kappa shape index (κ3) is 7.48. The van der Waals surface area contributed by atoms with Crippen LogP contribution < -0.4 is 11.1 Å². The van der Waals surface area contributed by atoms with Gasteiger partial charge in [-0.25, -0.2) is 4.79 Å². The average molecular weight is 232 g/mol. The fraction of sp³-hybridized carbons (Fsp3) is 0.909. The lowest BCUT2D eigenvalue weighted by Gasteiger charge is -2.21. The Morgan fingerprint density at radius 2 is 2.06 bits per heavy atom. The molecule has 0 bridgehead atoms. The molecule has 2 atom stereocenters. The van der Waals surface area contributed by atoms with E-state index in [-0.39, 0.29) is 5.92 Å². The van der Waals surface area contributed by atoms with Crippen molar-refractivity contribution in [1.29, 1.82) is 0 Å². The maximum atomic E-state index is 11.2. The van der Waals surface area contributed by atoms with Crippen molar-refractivity contribution in [1.82, 2.24) is 5.32 Å². The summed E-state index contributed by atoms with van der Waals surface area (Å²) in [5, 5.41) is 12.2. The number of carbonyl (C=O) groups is 1. The summed E-state index contributed by atoms with van der Waals surface area (Å²) in [6.07, 6.45) is -0.461. The third-order valence-corrected chi connectivity index (χ3v) is 2.14. The average Bonchev–Trinajstić information content (AvgIpc) is 2.13. The van der Waals surface area contributed by atoms with Crippen molar-refractivity contribution in [3.05, 3.63) is 0 Å². The van der Waals surface area contributed by atoms with E-state index in [0.29, 0.717) is 19.5 Å². The first-order valence-corrected chi connectivity index (χ1v) is 5.61. The molecule has 1 unspecified atom stereocenters. The molecular weight excluding hydrogens is 208 g/mol. The first-order valence-electron chi connectivity index (χ1n) is 5.61. The van der Waals surface area contributed by atoms with Gasteiger partial charge in [-0.05, 0) is 39.7 Å². The number of carbonyl (C=O) groups excluding carboxylic acids is 1. The minimum Gasteiger partial charge on any atom is -0.444 e. The van der Waals surface area contributed by atoms with Crippen molar-refractivity contribution in [2.45, 2.75) is 45.8 Å². The van der Waals surface area contributed by atoms with E-state index in [1.807, 2.05) is 6.92 Å². The van der Waals surface area contributed by atoms with Crippen LogP contribution in [0, 0.1) is 5.92 Å². The molecule has 4 N–H and O–H groups in total. The van der Waals surface area contributed by atoms with Gasteiger partial charge in [0.15, 0.2) is 0 Å². The molecule has 0 fully saturated rings. The van der Waals surface area contributed by atoms with Gasteiger partial charge in [-0.3, -0.25) is 0 Å².